The molecule has 0 spiro atoms. The number of nitrogens with two attached hydrogens (primary N) is 1. The fourth-order valence-corrected chi connectivity index (χ4v) is 1.19. The molecule has 0 saturated carbocycles. The largest absolute Gasteiger partial charge is 0.483 e. The Bertz CT molecular complexity index is 402. The highest BCUT2D eigenvalue weighted by molar-refractivity contribution is 5.48. The SMILES string of the molecule is Cc1ccc([N+](=O)[O-])c(OCC=CCN)c1. The molecule has 0 amide bonds. The average Bonchev–Trinajstić information content (AvgIpc) is 2.24. The first kappa shape index (κ1) is 12.2. The number of nitro benzene ring substituents is 1. The molecule has 0 atom stereocenters. The van der Waals surface area contributed by atoms with Crippen LogP contribution in [0.1, 0.15) is 5.56 Å². The summed E-state index contributed by atoms with van der Waals surface area (Å²) in [6.45, 7) is 2.56. The van der Waals surface area contributed by atoms with Crippen LogP contribution in [0.5, 0.6) is 5.75 Å². The summed E-state index contributed by atoms with van der Waals surface area (Å²) in [6.07, 6.45) is 3.47. The topological polar surface area (TPSA) is 78.4 Å². The van der Waals surface area contributed by atoms with Crippen LogP contribution >= 0.6 is 0 Å². The number of rotatable bonds is 5. The van der Waals surface area contributed by atoms with E-state index in [1.165, 1.54) is 6.07 Å². The fourth-order valence-electron chi connectivity index (χ4n) is 1.19. The van der Waals surface area contributed by atoms with Crippen molar-refractivity contribution < 1.29 is 9.66 Å². The third kappa shape index (κ3) is 3.36. The summed E-state index contributed by atoms with van der Waals surface area (Å²) in [5.41, 5.74) is 6.16. The van der Waals surface area contributed by atoms with E-state index in [0.717, 1.165) is 5.56 Å². The molecule has 0 aliphatic heterocycles. The number of hydrogen-bond acceptors (Lipinski definition) is 4. The van der Waals surface area contributed by atoms with E-state index in [-0.39, 0.29) is 18.0 Å². The lowest BCUT2D eigenvalue weighted by Crippen LogP contribution is -2.00. The molecule has 1 aromatic carbocycles. The van der Waals surface area contributed by atoms with Gasteiger partial charge in [0.1, 0.15) is 6.61 Å². The van der Waals surface area contributed by atoms with Gasteiger partial charge in [0, 0.05) is 12.6 Å². The van der Waals surface area contributed by atoms with Crippen LogP contribution in [0.15, 0.2) is 30.4 Å². The second kappa shape index (κ2) is 5.87. The Morgan fingerprint density at radius 3 is 2.88 bits per heavy atom. The molecule has 16 heavy (non-hydrogen) atoms. The van der Waals surface area contributed by atoms with Crippen molar-refractivity contribution in [2.75, 3.05) is 13.2 Å². The minimum Gasteiger partial charge on any atom is -0.483 e. The molecule has 0 aliphatic carbocycles. The van der Waals surface area contributed by atoms with Gasteiger partial charge >= 0.3 is 5.69 Å². The maximum Gasteiger partial charge on any atom is 0.310 e. The summed E-state index contributed by atoms with van der Waals surface area (Å²) in [4.78, 5) is 10.3. The highest BCUT2D eigenvalue weighted by atomic mass is 16.6. The van der Waals surface area contributed by atoms with E-state index >= 15 is 0 Å². The summed E-state index contributed by atoms with van der Waals surface area (Å²) < 4.78 is 5.30. The summed E-state index contributed by atoms with van der Waals surface area (Å²) >= 11 is 0. The maximum absolute atomic E-state index is 10.7. The number of nitro groups is 1. The quantitative estimate of drug-likeness (QED) is 0.468. The van der Waals surface area contributed by atoms with Crippen LogP contribution in [-0.4, -0.2) is 18.1 Å². The van der Waals surface area contributed by atoms with E-state index in [2.05, 4.69) is 0 Å². The molecule has 0 aromatic heterocycles. The predicted molar refractivity (Wildman–Crippen MR) is 61.5 cm³/mol. The molecule has 5 heteroatoms. The molecule has 0 fully saturated rings. The first-order valence-corrected chi connectivity index (χ1v) is 4.88. The monoisotopic (exact) mass is 222 g/mol. The number of aryl methyl sites for hydroxylation is 1. The first-order chi connectivity index (χ1) is 7.65. The minimum atomic E-state index is -0.457. The number of hydrogen-bond donors (Lipinski definition) is 1. The summed E-state index contributed by atoms with van der Waals surface area (Å²) in [5.74, 6) is 0.284. The number of ether oxygens (including phenoxy) is 1. The Kier molecular flexibility index (Phi) is 4.47. The third-order valence-electron chi connectivity index (χ3n) is 1.95. The highest BCUT2D eigenvalue weighted by Gasteiger charge is 2.13. The van der Waals surface area contributed by atoms with Gasteiger partial charge in [-0.3, -0.25) is 10.1 Å². The van der Waals surface area contributed by atoms with Crippen LogP contribution in [0.25, 0.3) is 0 Å². The number of nitrogens with zero attached hydrogens (tertiary/aromatic N) is 1. The van der Waals surface area contributed by atoms with Crippen molar-refractivity contribution in [3.05, 3.63) is 46.0 Å². The van der Waals surface area contributed by atoms with Gasteiger partial charge in [-0.25, -0.2) is 0 Å². The van der Waals surface area contributed by atoms with Gasteiger partial charge in [0.2, 0.25) is 0 Å². The van der Waals surface area contributed by atoms with Gasteiger partial charge in [0.25, 0.3) is 0 Å². The fraction of sp³-hybridized carbons (Fsp3) is 0.273. The lowest BCUT2D eigenvalue weighted by Gasteiger charge is -2.04. The Morgan fingerprint density at radius 1 is 1.50 bits per heavy atom. The molecule has 0 aliphatic rings. The van der Waals surface area contributed by atoms with E-state index in [1.807, 2.05) is 6.92 Å². The van der Waals surface area contributed by atoms with Crippen LogP contribution in [0.3, 0.4) is 0 Å². The van der Waals surface area contributed by atoms with E-state index in [9.17, 15) is 10.1 Å². The zero-order valence-electron chi connectivity index (χ0n) is 9.05. The van der Waals surface area contributed by atoms with E-state index in [1.54, 1.807) is 24.3 Å². The van der Waals surface area contributed by atoms with Gasteiger partial charge in [-0.2, -0.15) is 0 Å². The van der Waals surface area contributed by atoms with Crippen molar-refractivity contribution in [1.29, 1.82) is 0 Å². The van der Waals surface area contributed by atoms with Gasteiger partial charge in [-0.15, -0.1) is 0 Å². The molecule has 0 radical (unpaired) electrons. The first-order valence-electron chi connectivity index (χ1n) is 4.88. The number of benzene rings is 1. The molecule has 0 heterocycles. The Morgan fingerprint density at radius 2 is 2.25 bits per heavy atom. The van der Waals surface area contributed by atoms with Gasteiger partial charge < -0.3 is 10.5 Å². The second-order valence-electron chi connectivity index (χ2n) is 3.25. The van der Waals surface area contributed by atoms with Crippen LogP contribution in [0.2, 0.25) is 0 Å². The summed E-state index contributed by atoms with van der Waals surface area (Å²) in [7, 11) is 0. The molecule has 1 rings (SSSR count). The molecule has 0 unspecified atom stereocenters. The summed E-state index contributed by atoms with van der Waals surface area (Å²) in [5, 5.41) is 10.7. The van der Waals surface area contributed by atoms with Crippen molar-refractivity contribution in [1.82, 2.24) is 0 Å². The molecule has 2 N–H and O–H groups in total. The predicted octanol–water partition coefficient (Wildman–Crippen LogP) is 1.80. The zero-order chi connectivity index (χ0) is 12.0. The molecule has 1 aromatic rings. The average molecular weight is 222 g/mol. The van der Waals surface area contributed by atoms with Gasteiger partial charge in [-0.05, 0) is 18.6 Å². The van der Waals surface area contributed by atoms with Crippen LogP contribution in [0, 0.1) is 17.0 Å². The molecular weight excluding hydrogens is 208 g/mol. The zero-order valence-corrected chi connectivity index (χ0v) is 9.05. The van der Waals surface area contributed by atoms with Gasteiger partial charge in [0.05, 0.1) is 4.92 Å². The van der Waals surface area contributed by atoms with Crippen LogP contribution < -0.4 is 10.5 Å². The van der Waals surface area contributed by atoms with E-state index < -0.39 is 4.92 Å². The molecule has 5 nitrogen and oxygen atoms in total. The third-order valence-corrected chi connectivity index (χ3v) is 1.95. The highest BCUT2D eigenvalue weighted by Crippen LogP contribution is 2.27. The van der Waals surface area contributed by atoms with Crippen LogP contribution in [-0.2, 0) is 0 Å². The Balaban J connectivity index is 2.80. The molecule has 0 bridgehead atoms. The Hall–Kier alpha value is -1.88. The molecular formula is C11H14N2O3. The van der Waals surface area contributed by atoms with Crippen molar-refractivity contribution in [3.8, 4) is 5.75 Å². The Labute approximate surface area is 93.7 Å². The molecule has 86 valence electrons. The van der Waals surface area contributed by atoms with Gasteiger partial charge in [0.15, 0.2) is 5.75 Å². The minimum absolute atomic E-state index is 0.0215. The second-order valence-corrected chi connectivity index (χ2v) is 3.25. The maximum atomic E-state index is 10.7. The van der Waals surface area contributed by atoms with Crippen molar-refractivity contribution in [2.45, 2.75) is 6.92 Å². The van der Waals surface area contributed by atoms with Crippen LogP contribution in [0.4, 0.5) is 5.69 Å². The van der Waals surface area contributed by atoms with Crippen molar-refractivity contribution in [3.63, 3.8) is 0 Å². The van der Waals surface area contributed by atoms with Gasteiger partial charge in [-0.1, -0.05) is 18.2 Å². The van der Waals surface area contributed by atoms with E-state index in [0.29, 0.717) is 6.54 Å². The normalized spacial score (nSPS) is 10.6. The smallest absolute Gasteiger partial charge is 0.310 e. The molecule has 0 saturated heterocycles. The van der Waals surface area contributed by atoms with Crippen molar-refractivity contribution in [2.24, 2.45) is 5.73 Å². The van der Waals surface area contributed by atoms with Crippen molar-refractivity contribution >= 4 is 5.69 Å². The van der Waals surface area contributed by atoms with E-state index in [4.69, 9.17) is 10.5 Å². The lowest BCUT2D eigenvalue weighted by atomic mass is 10.2. The standard InChI is InChI=1S/C11H14N2O3/c1-9-4-5-10(13(14)15)11(8-9)16-7-3-2-6-12/h2-5,8H,6-7,12H2,1H3. The lowest BCUT2D eigenvalue weighted by molar-refractivity contribution is -0.385. The summed E-state index contributed by atoms with van der Waals surface area (Å²) in [6, 6.07) is 4.77.